The Balaban J connectivity index is 1.23. The van der Waals surface area contributed by atoms with E-state index in [1.54, 1.807) is 7.11 Å². The van der Waals surface area contributed by atoms with Gasteiger partial charge in [0.2, 0.25) is 0 Å². The number of hydrogen-bond acceptors (Lipinski definition) is 5. The van der Waals surface area contributed by atoms with Crippen molar-refractivity contribution in [1.29, 1.82) is 0 Å². The molecule has 2 saturated heterocycles. The fourth-order valence-corrected chi connectivity index (χ4v) is 4.30. The van der Waals surface area contributed by atoms with E-state index in [0.29, 0.717) is 0 Å². The molecule has 7 heteroatoms. The van der Waals surface area contributed by atoms with Crippen LogP contribution in [0, 0.1) is 0 Å². The van der Waals surface area contributed by atoms with Gasteiger partial charge in [0.15, 0.2) is 0 Å². The first-order valence-corrected chi connectivity index (χ1v) is 11.6. The van der Waals surface area contributed by atoms with Crippen LogP contribution in [0.5, 0.6) is 5.75 Å². The number of carbonyl (C=O) groups excluding carboxylic acids is 1. The zero-order valence-corrected chi connectivity index (χ0v) is 18.7. The number of likely N-dealkylation sites (N-methyl/N-ethyl adjacent to an activating group) is 1. The van der Waals surface area contributed by atoms with Crippen molar-refractivity contribution < 1.29 is 9.53 Å². The summed E-state index contributed by atoms with van der Waals surface area (Å²) in [4.78, 5) is 19.6. The van der Waals surface area contributed by atoms with Crippen molar-refractivity contribution in [2.45, 2.75) is 38.6 Å². The summed E-state index contributed by atoms with van der Waals surface area (Å²) in [6, 6.07) is 8.44. The fraction of sp³-hybridized carbons (Fsp3) is 0.696. The number of nitrogens with zero attached hydrogens (tertiary/aromatic N) is 3. The van der Waals surface area contributed by atoms with E-state index in [2.05, 4.69) is 44.4 Å². The molecule has 2 heterocycles. The van der Waals surface area contributed by atoms with Crippen molar-refractivity contribution in [2.75, 3.05) is 70.9 Å². The van der Waals surface area contributed by atoms with Crippen LogP contribution in [0.3, 0.4) is 0 Å². The van der Waals surface area contributed by atoms with Crippen LogP contribution in [0.2, 0.25) is 0 Å². The molecule has 0 saturated carbocycles. The number of piperazine rings is 1. The second-order valence-corrected chi connectivity index (χ2v) is 8.34. The van der Waals surface area contributed by atoms with Crippen molar-refractivity contribution in [3.63, 3.8) is 0 Å². The lowest BCUT2D eigenvalue weighted by Gasteiger charge is -2.34. The molecule has 2 N–H and O–H groups in total. The largest absolute Gasteiger partial charge is 0.497 e. The Labute approximate surface area is 181 Å². The van der Waals surface area contributed by atoms with E-state index in [1.165, 1.54) is 31.9 Å². The molecular formula is C23H39N5O2. The van der Waals surface area contributed by atoms with Gasteiger partial charge in [0, 0.05) is 57.5 Å². The normalized spacial score (nSPS) is 18.9. The minimum absolute atomic E-state index is 0.0190. The van der Waals surface area contributed by atoms with Gasteiger partial charge in [0.05, 0.1) is 7.11 Å². The zero-order valence-electron chi connectivity index (χ0n) is 18.7. The highest BCUT2D eigenvalue weighted by Crippen LogP contribution is 2.22. The van der Waals surface area contributed by atoms with Crippen molar-refractivity contribution in [3.05, 3.63) is 24.3 Å². The number of nitrogens with one attached hydrogen (secondary N) is 2. The van der Waals surface area contributed by atoms with Crippen LogP contribution in [-0.2, 0) is 0 Å². The monoisotopic (exact) mass is 417 g/mol. The van der Waals surface area contributed by atoms with Crippen LogP contribution in [0.1, 0.15) is 32.6 Å². The highest BCUT2D eigenvalue weighted by molar-refractivity contribution is 5.74. The van der Waals surface area contributed by atoms with E-state index in [4.69, 9.17) is 4.74 Å². The summed E-state index contributed by atoms with van der Waals surface area (Å²) in [5.74, 6) is 0.881. The Kier molecular flexibility index (Phi) is 9.08. The van der Waals surface area contributed by atoms with Gasteiger partial charge in [-0.3, -0.25) is 0 Å². The summed E-state index contributed by atoms with van der Waals surface area (Å²) in [5.41, 5.74) is 1.22. The highest BCUT2D eigenvalue weighted by atomic mass is 16.5. The summed E-state index contributed by atoms with van der Waals surface area (Å²) in [5, 5.41) is 6.18. The van der Waals surface area contributed by atoms with Crippen molar-refractivity contribution >= 4 is 11.7 Å². The fourth-order valence-electron chi connectivity index (χ4n) is 4.30. The SMILES string of the molecule is CCN1CCN(CCCCNC(=O)NC2CCN(c3ccc(OC)cc3)CC2)CC1. The smallest absolute Gasteiger partial charge is 0.315 e. The summed E-state index contributed by atoms with van der Waals surface area (Å²) < 4.78 is 5.23. The third-order valence-electron chi connectivity index (χ3n) is 6.37. The molecule has 0 unspecified atom stereocenters. The standard InChI is InChI=1S/C23H39N5O2/c1-3-26-16-18-27(19-17-26)13-5-4-12-24-23(29)25-20-10-14-28(15-11-20)21-6-8-22(30-2)9-7-21/h6-9,20H,3-5,10-19H2,1-2H3,(H2,24,25,29). The average Bonchev–Trinajstić information content (AvgIpc) is 2.80. The van der Waals surface area contributed by atoms with Crippen LogP contribution in [0.25, 0.3) is 0 Å². The van der Waals surface area contributed by atoms with Gasteiger partial charge in [0.1, 0.15) is 5.75 Å². The zero-order chi connectivity index (χ0) is 21.2. The summed E-state index contributed by atoms with van der Waals surface area (Å²) >= 11 is 0. The second-order valence-electron chi connectivity index (χ2n) is 8.34. The third kappa shape index (κ3) is 7.06. The number of urea groups is 1. The maximum Gasteiger partial charge on any atom is 0.315 e. The number of carbonyl (C=O) groups is 1. The Morgan fingerprint density at radius 1 is 1.00 bits per heavy atom. The molecule has 0 spiro atoms. The molecule has 0 aliphatic carbocycles. The minimum atomic E-state index is -0.0190. The van der Waals surface area contributed by atoms with Crippen molar-refractivity contribution in [3.8, 4) is 5.75 Å². The van der Waals surface area contributed by atoms with Crippen LogP contribution >= 0.6 is 0 Å². The molecule has 1 aromatic carbocycles. The molecule has 0 bridgehead atoms. The molecule has 2 fully saturated rings. The number of unbranched alkanes of at least 4 members (excludes halogenated alkanes) is 1. The number of ether oxygens (including phenoxy) is 1. The molecule has 3 rings (SSSR count). The Hall–Kier alpha value is -1.99. The van der Waals surface area contributed by atoms with E-state index in [-0.39, 0.29) is 12.1 Å². The molecule has 7 nitrogen and oxygen atoms in total. The van der Waals surface area contributed by atoms with Crippen LogP contribution in [0.15, 0.2) is 24.3 Å². The van der Waals surface area contributed by atoms with Crippen LogP contribution in [-0.4, -0.2) is 87.9 Å². The average molecular weight is 418 g/mol. The van der Waals surface area contributed by atoms with E-state index < -0.39 is 0 Å². The van der Waals surface area contributed by atoms with E-state index in [1.807, 2.05) is 12.1 Å². The molecule has 0 aromatic heterocycles. The highest BCUT2D eigenvalue weighted by Gasteiger charge is 2.21. The molecular weight excluding hydrogens is 378 g/mol. The van der Waals surface area contributed by atoms with Crippen LogP contribution in [0.4, 0.5) is 10.5 Å². The van der Waals surface area contributed by atoms with Gasteiger partial charge in [-0.25, -0.2) is 4.79 Å². The van der Waals surface area contributed by atoms with Gasteiger partial charge >= 0.3 is 6.03 Å². The molecule has 1 aromatic rings. The summed E-state index contributed by atoms with van der Waals surface area (Å²) in [6.45, 7) is 11.9. The van der Waals surface area contributed by atoms with E-state index in [0.717, 1.165) is 64.2 Å². The lowest BCUT2D eigenvalue weighted by molar-refractivity contribution is 0.135. The quantitative estimate of drug-likeness (QED) is 0.604. The number of benzene rings is 1. The maximum atomic E-state index is 12.2. The predicted molar refractivity (Wildman–Crippen MR) is 123 cm³/mol. The molecule has 30 heavy (non-hydrogen) atoms. The first-order chi connectivity index (χ1) is 14.7. The molecule has 0 atom stereocenters. The maximum absolute atomic E-state index is 12.2. The van der Waals surface area contributed by atoms with E-state index in [9.17, 15) is 4.79 Å². The number of piperidine rings is 1. The lowest BCUT2D eigenvalue weighted by Crippen LogP contribution is -2.48. The van der Waals surface area contributed by atoms with Gasteiger partial charge in [0.25, 0.3) is 0 Å². The summed E-state index contributed by atoms with van der Waals surface area (Å²) in [7, 11) is 1.69. The Morgan fingerprint density at radius 2 is 1.67 bits per heavy atom. The first kappa shape index (κ1) is 22.7. The molecule has 2 amide bonds. The third-order valence-corrected chi connectivity index (χ3v) is 6.37. The molecule has 2 aliphatic heterocycles. The molecule has 2 aliphatic rings. The van der Waals surface area contributed by atoms with Crippen molar-refractivity contribution in [2.24, 2.45) is 0 Å². The van der Waals surface area contributed by atoms with Gasteiger partial charge in [-0.15, -0.1) is 0 Å². The number of amides is 2. The molecule has 0 radical (unpaired) electrons. The Bertz CT molecular complexity index is 623. The second kappa shape index (κ2) is 12.0. The van der Waals surface area contributed by atoms with Crippen molar-refractivity contribution in [1.82, 2.24) is 20.4 Å². The molecule has 168 valence electrons. The van der Waals surface area contributed by atoms with Gasteiger partial charge in [-0.1, -0.05) is 6.92 Å². The number of anilines is 1. The van der Waals surface area contributed by atoms with E-state index >= 15 is 0 Å². The predicted octanol–water partition coefficient (Wildman–Crippen LogP) is 2.38. The van der Waals surface area contributed by atoms with Crippen LogP contribution < -0.4 is 20.3 Å². The lowest BCUT2D eigenvalue weighted by atomic mass is 10.0. The summed E-state index contributed by atoms with van der Waals surface area (Å²) in [6.07, 6.45) is 4.14. The van der Waals surface area contributed by atoms with Gasteiger partial charge in [-0.05, 0) is 63.0 Å². The number of hydrogen-bond donors (Lipinski definition) is 2. The van der Waals surface area contributed by atoms with Gasteiger partial charge < -0.3 is 30.1 Å². The number of rotatable bonds is 9. The topological polar surface area (TPSA) is 60.1 Å². The number of methoxy groups -OCH3 is 1. The minimum Gasteiger partial charge on any atom is -0.497 e. The van der Waals surface area contributed by atoms with Gasteiger partial charge in [-0.2, -0.15) is 0 Å². The Morgan fingerprint density at radius 3 is 2.30 bits per heavy atom. The first-order valence-electron chi connectivity index (χ1n) is 11.6.